The number of hydrogen-bond acceptors (Lipinski definition) is 0. The Morgan fingerprint density at radius 1 is 1.00 bits per heavy atom. The Bertz CT molecular complexity index is 84.0. The Labute approximate surface area is 72.4 Å². The first kappa shape index (κ1) is 11.0. The lowest BCUT2D eigenvalue weighted by atomic mass is 9.80. The van der Waals surface area contributed by atoms with Gasteiger partial charge in [0.05, 0.1) is 0 Å². The van der Waals surface area contributed by atoms with Crippen molar-refractivity contribution in [3.8, 4) is 0 Å². The fourth-order valence-electron chi connectivity index (χ4n) is 1.91. The Morgan fingerprint density at radius 2 is 1.55 bits per heavy atom. The molecule has 0 amide bonds. The molecule has 0 aromatic heterocycles. The zero-order valence-corrected chi connectivity index (χ0v) is 8.85. The van der Waals surface area contributed by atoms with Gasteiger partial charge in [0.1, 0.15) is 0 Å². The molecule has 0 radical (unpaired) electrons. The molecule has 0 saturated heterocycles. The van der Waals surface area contributed by atoms with Crippen LogP contribution < -0.4 is 0 Å². The molecule has 0 aromatic carbocycles. The zero-order chi connectivity index (χ0) is 8.85. The SMILES string of the molecule is CCC[C@@H](C(C)C)[C@H](C)CC. The average molecular weight is 156 g/mol. The van der Waals surface area contributed by atoms with E-state index in [2.05, 4.69) is 34.6 Å². The Kier molecular flexibility index (Phi) is 5.62. The normalized spacial score (nSPS) is 16.9. The van der Waals surface area contributed by atoms with E-state index in [0.717, 1.165) is 17.8 Å². The summed E-state index contributed by atoms with van der Waals surface area (Å²) in [6.45, 7) is 11.7. The third kappa shape index (κ3) is 3.79. The highest BCUT2D eigenvalue weighted by Crippen LogP contribution is 2.27. The van der Waals surface area contributed by atoms with Gasteiger partial charge in [-0.15, -0.1) is 0 Å². The van der Waals surface area contributed by atoms with Gasteiger partial charge in [-0.1, -0.05) is 53.9 Å². The largest absolute Gasteiger partial charge is 0.0654 e. The molecule has 0 spiro atoms. The van der Waals surface area contributed by atoms with Crippen molar-refractivity contribution in [2.24, 2.45) is 17.8 Å². The average Bonchev–Trinajstić information content (AvgIpc) is 1.98. The molecular weight excluding hydrogens is 132 g/mol. The van der Waals surface area contributed by atoms with Gasteiger partial charge in [-0.2, -0.15) is 0 Å². The molecule has 0 N–H and O–H groups in total. The van der Waals surface area contributed by atoms with Crippen LogP contribution in [0.2, 0.25) is 0 Å². The molecule has 2 atom stereocenters. The van der Waals surface area contributed by atoms with Crippen LogP contribution in [-0.4, -0.2) is 0 Å². The van der Waals surface area contributed by atoms with Crippen LogP contribution in [0.3, 0.4) is 0 Å². The van der Waals surface area contributed by atoms with Gasteiger partial charge in [0.2, 0.25) is 0 Å². The molecule has 68 valence electrons. The molecule has 0 fully saturated rings. The standard InChI is InChI=1S/C11H24/c1-6-8-11(9(3)4)10(5)7-2/h9-11H,6-8H2,1-5H3/t10-,11+/m1/s1. The fourth-order valence-corrected chi connectivity index (χ4v) is 1.91. The molecule has 0 aromatic rings. The number of hydrogen-bond donors (Lipinski definition) is 0. The summed E-state index contributed by atoms with van der Waals surface area (Å²) in [6, 6.07) is 0. The molecule has 0 unspecified atom stereocenters. The van der Waals surface area contributed by atoms with E-state index in [-0.39, 0.29) is 0 Å². The lowest BCUT2D eigenvalue weighted by Gasteiger charge is -2.26. The predicted octanol–water partition coefficient (Wildman–Crippen LogP) is 4.10. The molecule has 0 heteroatoms. The van der Waals surface area contributed by atoms with Crippen LogP contribution >= 0.6 is 0 Å². The topological polar surface area (TPSA) is 0 Å². The molecule has 11 heavy (non-hydrogen) atoms. The first-order chi connectivity index (χ1) is 5.13. The van der Waals surface area contributed by atoms with Gasteiger partial charge in [0.15, 0.2) is 0 Å². The van der Waals surface area contributed by atoms with E-state index in [4.69, 9.17) is 0 Å². The molecule has 0 bridgehead atoms. The summed E-state index contributed by atoms with van der Waals surface area (Å²) in [6.07, 6.45) is 4.09. The second-order valence-electron chi connectivity index (χ2n) is 4.08. The van der Waals surface area contributed by atoms with Gasteiger partial charge < -0.3 is 0 Å². The quantitative estimate of drug-likeness (QED) is 0.562. The summed E-state index contributed by atoms with van der Waals surface area (Å²) in [7, 11) is 0. The van der Waals surface area contributed by atoms with E-state index in [1.807, 2.05) is 0 Å². The van der Waals surface area contributed by atoms with Crippen molar-refractivity contribution < 1.29 is 0 Å². The third-order valence-corrected chi connectivity index (χ3v) is 2.85. The third-order valence-electron chi connectivity index (χ3n) is 2.85. The van der Waals surface area contributed by atoms with Crippen LogP contribution in [0.15, 0.2) is 0 Å². The van der Waals surface area contributed by atoms with Gasteiger partial charge >= 0.3 is 0 Å². The molecule has 0 nitrogen and oxygen atoms in total. The Balaban J connectivity index is 3.87. The highest BCUT2D eigenvalue weighted by molar-refractivity contribution is 4.67. The predicted molar refractivity (Wildman–Crippen MR) is 52.7 cm³/mol. The summed E-state index contributed by atoms with van der Waals surface area (Å²) in [5, 5.41) is 0. The smallest absolute Gasteiger partial charge is 0.0366 e. The van der Waals surface area contributed by atoms with E-state index in [1.54, 1.807) is 0 Å². The molecule has 0 rings (SSSR count). The zero-order valence-electron chi connectivity index (χ0n) is 8.85. The van der Waals surface area contributed by atoms with Crippen LogP contribution in [-0.2, 0) is 0 Å². The Morgan fingerprint density at radius 3 is 1.82 bits per heavy atom. The minimum Gasteiger partial charge on any atom is -0.0654 e. The summed E-state index contributed by atoms with van der Waals surface area (Å²) in [5.74, 6) is 2.73. The summed E-state index contributed by atoms with van der Waals surface area (Å²) in [4.78, 5) is 0. The second-order valence-corrected chi connectivity index (χ2v) is 4.08. The molecule has 0 aliphatic rings. The van der Waals surface area contributed by atoms with Crippen LogP contribution in [0.4, 0.5) is 0 Å². The van der Waals surface area contributed by atoms with Crippen molar-refractivity contribution in [1.82, 2.24) is 0 Å². The van der Waals surface area contributed by atoms with Crippen molar-refractivity contribution in [2.75, 3.05) is 0 Å². The lowest BCUT2D eigenvalue weighted by Crippen LogP contribution is -2.16. The van der Waals surface area contributed by atoms with Crippen LogP contribution in [0, 0.1) is 17.8 Å². The van der Waals surface area contributed by atoms with Crippen molar-refractivity contribution >= 4 is 0 Å². The first-order valence-corrected chi connectivity index (χ1v) is 5.13. The summed E-state index contributed by atoms with van der Waals surface area (Å²) >= 11 is 0. The highest BCUT2D eigenvalue weighted by Gasteiger charge is 2.17. The molecule has 0 saturated carbocycles. The van der Waals surface area contributed by atoms with Crippen molar-refractivity contribution in [2.45, 2.75) is 53.9 Å². The van der Waals surface area contributed by atoms with E-state index in [1.165, 1.54) is 19.3 Å². The van der Waals surface area contributed by atoms with E-state index in [9.17, 15) is 0 Å². The Hall–Kier alpha value is 0. The molecule has 0 aliphatic carbocycles. The first-order valence-electron chi connectivity index (χ1n) is 5.13. The number of rotatable bonds is 5. The van der Waals surface area contributed by atoms with Gasteiger partial charge in [-0.05, 0) is 17.8 Å². The maximum absolute atomic E-state index is 2.39. The van der Waals surface area contributed by atoms with Crippen LogP contribution in [0.5, 0.6) is 0 Å². The maximum atomic E-state index is 2.39. The van der Waals surface area contributed by atoms with E-state index < -0.39 is 0 Å². The lowest BCUT2D eigenvalue weighted by molar-refractivity contribution is 0.245. The van der Waals surface area contributed by atoms with Gasteiger partial charge in [0.25, 0.3) is 0 Å². The minimum atomic E-state index is 0.866. The van der Waals surface area contributed by atoms with Crippen molar-refractivity contribution in [3.05, 3.63) is 0 Å². The van der Waals surface area contributed by atoms with E-state index in [0.29, 0.717) is 0 Å². The summed E-state index contributed by atoms with van der Waals surface area (Å²) in [5.41, 5.74) is 0. The molecular formula is C11H24. The monoisotopic (exact) mass is 156 g/mol. The second kappa shape index (κ2) is 5.62. The molecule has 0 aliphatic heterocycles. The van der Waals surface area contributed by atoms with Crippen molar-refractivity contribution in [1.29, 1.82) is 0 Å². The van der Waals surface area contributed by atoms with Gasteiger partial charge in [-0.3, -0.25) is 0 Å². The summed E-state index contributed by atoms with van der Waals surface area (Å²) < 4.78 is 0. The highest BCUT2D eigenvalue weighted by atomic mass is 14.2. The molecule has 0 heterocycles. The van der Waals surface area contributed by atoms with Gasteiger partial charge in [-0.25, -0.2) is 0 Å². The van der Waals surface area contributed by atoms with Crippen LogP contribution in [0.1, 0.15) is 53.9 Å². The fraction of sp³-hybridized carbons (Fsp3) is 1.00. The van der Waals surface area contributed by atoms with E-state index >= 15 is 0 Å². The maximum Gasteiger partial charge on any atom is -0.0366 e. The minimum absolute atomic E-state index is 0.866. The van der Waals surface area contributed by atoms with Crippen molar-refractivity contribution in [3.63, 3.8) is 0 Å². The van der Waals surface area contributed by atoms with Gasteiger partial charge in [0, 0.05) is 0 Å². The van der Waals surface area contributed by atoms with Crippen LogP contribution in [0.25, 0.3) is 0 Å².